The average molecular weight is 520 g/mol. The van der Waals surface area contributed by atoms with Crippen molar-refractivity contribution < 1.29 is 18.7 Å². The van der Waals surface area contributed by atoms with Crippen molar-refractivity contribution in [2.24, 2.45) is 0 Å². The third-order valence-corrected chi connectivity index (χ3v) is 5.53. The molecule has 0 bridgehead atoms. The number of carbonyl (C=O) groups is 1. The molecule has 174 valence electrons. The van der Waals surface area contributed by atoms with Crippen molar-refractivity contribution in [3.63, 3.8) is 0 Å². The molecule has 5 nitrogen and oxygen atoms in total. The summed E-state index contributed by atoms with van der Waals surface area (Å²) in [7, 11) is 0. The summed E-state index contributed by atoms with van der Waals surface area (Å²) in [6.07, 6.45) is 1.36. The minimum absolute atomic E-state index is 0.0584. The molecule has 0 saturated heterocycles. The van der Waals surface area contributed by atoms with E-state index in [0.717, 1.165) is 0 Å². The highest BCUT2D eigenvalue weighted by Gasteiger charge is 2.16. The molecule has 9 heteroatoms. The van der Waals surface area contributed by atoms with Crippen molar-refractivity contribution in [3.05, 3.63) is 92.2 Å². The Bertz CT molecular complexity index is 1290. The molecule has 0 aromatic heterocycles. The Morgan fingerprint density at radius 1 is 1.06 bits per heavy atom. The van der Waals surface area contributed by atoms with Crippen LogP contribution in [0.25, 0.3) is 6.08 Å². The molecule has 0 aliphatic rings. The monoisotopic (exact) mass is 518 g/mol. The molecular formula is C25H18Cl3FN2O3. The summed E-state index contributed by atoms with van der Waals surface area (Å²) in [6.45, 7) is 2.03. The van der Waals surface area contributed by atoms with Crippen LogP contribution in [0.1, 0.15) is 18.1 Å². The third kappa shape index (κ3) is 6.42. The first kappa shape index (κ1) is 25.4. The van der Waals surface area contributed by atoms with Crippen LogP contribution in [0, 0.1) is 17.1 Å². The Labute approximate surface area is 211 Å². The van der Waals surface area contributed by atoms with Crippen molar-refractivity contribution in [2.75, 3.05) is 11.9 Å². The highest BCUT2D eigenvalue weighted by Crippen LogP contribution is 2.38. The zero-order valence-corrected chi connectivity index (χ0v) is 20.1. The SMILES string of the molecule is CCOc1cc(/C=C(\C#N)C(=O)Nc2ccc(Cl)c(Cl)c2)cc(Cl)c1OCc1ccccc1F. The van der Waals surface area contributed by atoms with Gasteiger partial charge in [0.15, 0.2) is 11.5 Å². The van der Waals surface area contributed by atoms with Crippen molar-refractivity contribution in [1.82, 2.24) is 0 Å². The molecule has 1 N–H and O–H groups in total. The van der Waals surface area contributed by atoms with Crippen molar-refractivity contribution in [2.45, 2.75) is 13.5 Å². The molecule has 0 spiro atoms. The van der Waals surface area contributed by atoms with Crippen LogP contribution in [-0.2, 0) is 11.4 Å². The predicted octanol–water partition coefficient (Wildman–Crippen LogP) is 7.31. The fourth-order valence-electron chi connectivity index (χ4n) is 2.93. The van der Waals surface area contributed by atoms with E-state index in [9.17, 15) is 14.4 Å². The summed E-state index contributed by atoms with van der Waals surface area (Å²) in [5.41, 5.74) is 0.998. The van der Waals surface area contributed by atoms with Crippen molar-refractivity contribution >= 4 is 52.5 Å². The van der Waals surface area contributed by atoms with Gasteiger partial charge in [-0.15, -0.1) is 0 Å². The van der Waals surface area contributed by atoms with E-state index in [2.05, 4.69) is 5.32 Å². The fourth-order valence-corrected chi connectivity index (χ4v) is 3.50. The van der Waals surface area contributed by atoms with Crippen LogP contribution >= 0.6 is 34.8 Å². The smallest absolute Gasteiger partial charge is 0.266 e. The molecule has 34 heavy (non-hydrogen) atoms. The Morgan fingerprint density at radius 2 is 1.82 bits per heavy atom. The second-order valence-electron chi connectivity index (χ2n) is 6.90. The van der Waals surface area contributed by atoms with E-state index >= 15 is 0 Å². The molecule has 3 rings (SSSR count). The molecular weight excluding hydrogens is 502 g/mol. The molecule has 0 radical (unpaired) electrons. The maximum absolute atomic E-state index is 13.9. The van der Waals surface area contributed by atoms with Gasteiger partial charge in [0.2, 0.25) is 0 Å². The zero-order chi connectivity index (χ0) is 24.7. The van der Waals surface area contributed by atoms with Gasteiger partial charge in [-0.05, 0) is 55.0 Å². The van der Waals surface area contributed by atoms with Crippen molar-refractivity contribution in [3.8, 4) is 17.6 Å². The van der Waals surface area contributed by atoms with Gasteiger partial charge in [-0.1, -0.05) is 53.0 Å². The lowest BCUT2D eigenvalue weighted by atomic mass is 10.1. The van der Waals surface area contributed by atoms with Crippen LogP contribution in [0.15, 0.2) is 60.2 Å². The first-order valence-electron chi connectivity index (χ1n) is 10.0. The number of nitriles is 1. The summed E-state index contributed by atoms with van der Waals surface area (Å²) in [5, 5.41) is 12.9. The largest absolute Gasteiger partial charge is 0.490 e. The number of nitrogens with one attached hydrogen (secondary N) is 1. The maximum Gasteiger partial charge on any atom is 0.266 e. The predicted molar refractivity (Wildman–Crippen MR) is 132 cm³/mol. The van der Waals surface area contributed by atoms with Crippen LogP contribution in [-0.4, -0.2) is 12.5 Å². The molecule has 3 aromatic rings. The minimum Gasteiger partial charge on any atom is -0.490 e. The Kier molecular flexibility index (Phi) is 8.78. The number of hydrogen-bond donors (Lipinski definition) is 1. The Hall–Kier alpha value is -3.24. The number of hydrogen-bond acceptors (Lipinski definition) is 4. The van der Waals surface area contributed by atoms with Crippen molar-refractivity contribution in [1.29, 1.82) is 5.26 Å². The summed E-state index contributed by atoms with van der Waals surface area (Å²) in [6, 6.07) is 15.8. The lowest BCUT2D eigenvalue weighted by molar-refractivity contribution is -0.112. The van der Waals surface area contributed by atoms with Crippen LogP contribution in [0.3, 0.4) is 0 Å². The van der Waals surface area contributed by atoms with Crippen LogP contribution in [0.2, 0.25) is 15.1 Å². The van der Waals surface area contributed by atoms with Gasteiger partial charge in [-0.2, -0.15) is 5.26 Å². The van der Waals surface area contributed by atoms with E-state index in [4.69, 9.17) is 44.3 Å². The highest BCUT2D eigenvalue weighted by atomic mass is 35.5. The normalized spacial score (nSPS) is 11.0. The lowest BCUT2D eigenvalue weighted by Crippen LogP contribution is -2.13. The minimum atomic E-state index is -0.644. The van der Waals surface area contributed by atoms with Gasteiger partial charge in [0.25, 0.3) is 5.91 Å². The molecule has 0 aliphatic carbocycles. The summed E-state index contributed by atoms with van der Waals surface area (Å²) in [5.74, 6) is -0.528. The second kappa shape index (κ2) is 11.8. The molecule has 0 atom stereocenters. The standard InChI is InChI=1S/C25H18Cl3FN2O3/c1-2-33-23-11-15(10-21(28)24(23)34-14-16-5-3-4-6-22(16)29)9-17(13-30)25(32)31-18-7-8-19(26)20(27)12-18/h3-12H,2,14H2,1H3,(H,31,32)/b17-9+. The quantitative estimate of drug-likeness (QED) is 0.250. The third-order valence-electron chi connectivity index (χ3n) is 4.52. The van der Waals surface area contributed by atoms with Gasteiger partial charge in [0.1, 0.15) is 24.1 Å². The number of benzene rings is 3. The molecule has 0 fully saturated rings. The first-order valence-corrected chi connectivity index (χ1v) is 11.2. The first-order chi connectivity index (χ1) is 16.3. The molecule has 0 aliphatic heterocycles. The number of halogens is 4. The number of anilines is 1. The van der Waals surface area contributed by atoms with Gasteiger partial charge in [-0.25, -0.2) is 4.39 Å². The van der Waals surface area contributed by atoms with E-state index in [0.29, 0.717) is 34.2 Å². The number of rotatable bonds is 8. The molecule has 0 saturated carbocycles. The van der Waals surface area contributed by atoms with Crippen LogP contribution in [0.5, 0.6) is 11.5 Å². The van der Waals surface area contributed by atoms with Gasteiger partial charge in [-0.3, -0.25) is 4.79 Å². The van der Waals surface area contributed by atoms with Crippen LogP contribution < -0.4 is 14.8 Å². The lowest BCUT2D eigenvalue weighted by Gasteiger charge is -2.15. The summed E-state index contributed by atoms with van der Waals surface area (Å²) < 4.78 is 25.3. The number of ether oxygens (including phenoxy) is 2. The molecule has 1 amide bonds. The second-order valence-corrected chi connectivity index (χ2v) is 8.12. The van der Waals surface area contributed by atoms with Gasteiger partial charge < -0.3 is 14.8 Å². The van der Waals surface area contributed by atoms with Gasteiger partial charge in [0.05, 0.1) is 21.7 Å². The Balaban J connectivity index is 1.86. The summed E-state index contributed by atoms with van der Waals surface area (Å²) >= 11 is 18.3. The molecule has 0 heterocycles. The molecule has 3 aromatic carbocycles. The van der Waals surface area contributed by atoms with Crippen LogP contribution in [0.4, 0.5) is 10.1 Å². The number of carbonyl (C=O) groups excluding carboxylic acids is 1. The number of amides is 1. The van der Waals surface area contributed by atoms with E-state index in [1.54, 1.807) is 37.3 Å². The highest BCUT2D eigenvalue weighted by molar-refractivity contribution is 6.42. The van der Waals surface area contributed by atoms with E-state index in [1.165, 1.54) is 30.3 Å². The molecule has 0 unspecified atom stereocenters. The van der Waals surface area contributed by atoms with E-state index < -0.39 is 11.7 Å². The number of nitrogens with zero attached hydrogens (tertiary/aromatic N) is 1. The fraction of sp³-hybridized carbons (Fsp3) is 0.120. The van der Waals surface area contributed by atoms with E-state index in [1.807, 2.05) is 6.07 Å². The van der Waals surface area contributed by atoms with Gasteiger partial charge >= 0.3 is 0 Å². The zero-order valence-electron chi connectivity index (χ0n) is 17.9. The summed E-state index contributed by atoms with van der Waals surface area (Å²) in [4.78, 5) is 12.6. The topological polar surface area (TPSA) is 71.3 Å². The van der Waals surface area contributed by atoms with E-state index in [-0.39, 0.29) is 28.0 Å². The maximum atomic E-state index is 13.9. The van der Waals surface area contributed by atoms with Gasteiger partial charge in [0, 0.05) is 11.3 Å². The average Bonchev–Trinajstić information content (AvgIpc) is 2.80. The Morgan fingerprint density at radius 3 is 2.50 bits per heavy atom.